The summed E-state index contributed by atoms with van der Waals surface area (Å²) in [7, 11) is -0.813. The van der Waals surface area contributed by atoms with Crippen molar-refractivity contribution in [2.24, 2.45) is 5.92 Å². The fourth-order valence-corrected chi connectivity index (χ4v) is 4.83. The highest BCUT2D eigenvalue weighted by Crippen LogP contribution is 2.28. The van der Waals surface area contributed by atoms with Crippen LogP contribution in [-0.4, -0.2) is 39.4 Å². The molecule has 0 amide bonds. The minimum atomic E-state index is -3.54. The number of esters is 1. The topological polar surface area (TPSA) is 63.7 Å². The van der Waals surface area contributed by atoms with Crippen LogP contribution in [0.25, 0.3) is 0 Å². The summed E-state index contributed by atoms with van der Waals surface area (Å²) in [5.41, 5.74) is 0. The molecule has 1 atom stereocenters. The summed E-state index contributed by atoms with van der Waals surface area (Å²) in [5, 5.41) is 0. The molecule has 0 aliphatic heterocycles. The molecule has 0 radical (unpaired) electrons. The zero-order chi connectivity index (χ0) is 13.9. The second kappa shape index (κ2) is 6.14. The quantitative estimate of drug-likeness (QED) is 0.757. The van der Waals surface area contributed by atoms with Gasteiger partial charge in [0.1, 0.15) is 4.21 Å². The average molecular weight is 356 g/mol. The maximum atomic E-state index is 12.2. The van der Waals surface area contributed by atoms with Gasteiger partial charge in [-0.05, 0) is 28.1 Å². The van der Waals surface area contributed by atoms with Crippen molar-refractivity contribution < 1.29 is 17.9 Å². The largest absolute Gasteiger partial charge is 0.469 e. The standard InChI is InChI=1S/C10H14BrNO4S2/c1-7(10(13)16-3)6-12(2)18(14,15)9-5-4-8(11)17-9/h4-5,7H,6H2,1-3H3. The summed E-state index contributed by atoms with van der Waals surface area (Å²) in [6.07, 6.45) is 0. The Morgan fingerprint density at radius 1 is 1.56 bits per heavy atom. The van der Waals surface area contributed by atoms with Crippen LogP contribution < -0.4 is 0 Å². The third-order valence-electron chi connectivity index (χ3n) is 2.35. The highest BCUT2D eigenvalue weighted by Gasteiger charge is 2.26. The van der Waals surface area contributed by atoms with Crippen LogP contribution in [0.2, 0.25) is 0 Å². The summed E-state index contributed by atoms with van der Waals surface area (Å²) in [5.74, 6) is -0.928. The number of ether oxygens (including phenoxy) is 1. The Labute approximate surface area is 119 Å². The van der Waals surface area contributed by atoms with E-state index in [4.69, 9.17) is 0 Å². The Balaban J connectivity index is 2.83. The van der Waals surface area contributed by atoms with Gasteiger partial charge in [0.25, 0.3) is 10.0 Å². The number of rotatable bonds is 5. The van der Waals surface area contributed by atoms with Crippen molar-refractivity contribution in [1.82, 2.24) is 4.31 Å². The molecule has 1 rings (SSSR count). The van der Waals surface area contributed by atoms with E-state index in [1.165, 1.54) is 20.2 Å². The SMILES string of the molecule is COC(=O)C(C)CN(C)S(=O)(=O)c1ccc(Br)s1. The van der Waals surface area contributed by atoms with Crippen molar-refractivity contribution in [2.75, 3.05) is 20.7 Å². The Morgan fingerprint density at radius 2 is 2.17 bits per heavy atom. The van der Waals surface area contributed by atoms with E-state index in [-0.39, 0.29) is 10.8 Å². The molecule has 0 saturated heterocycles. The fraction of sp³-hybridized carbons (Fsp3) is 0.500. The van der Waals surface area contributed by atoms with Crippen LogP contribution in [0.4, 0.5) is 0 Å². The minimum Gasteiger partial charge on any atom is -0.469 e. The first-order valence-electron chi connectivity index (χ1n) is 5.08. The highest BCUT2D eigenvalue weighted by atomic mass is 79.9. The number of hydrogen-bond acceptors (Lipinski definition) is 5. The molecule has 0 fully saturated rings. The monoisotopic (exact) mass is 355 g/mol. The van der Waals surface area contributed by atoms with Crippen LogP contribution in [0.1, 0.15) is 6.92 Å². The molecule has 1 unspecified atom stereocenters. The van der Waals surface area contributed by atoms with Crippen molar-refractivity contribution in [3.8, 4) is 0 Å². The van der Waals surface area contributed by atoms with E-state index < -0.39 is 21.9 Å². The van der Waals surface area contributed by atoms with E-state index in [1.54, 1.807) is 13.0 Å². The highest BCUT2D eigenvalue weighted by molar-refractivity contribution is 9.11. The van der Waals surface area contributed by atoms with Gasteiger partial charge in [0.15, 0.2) is 0 Å². The summed E-state index contributed by atoms with van der Waals surface area (Å²) < 4.78 is 31.0. The van der Waals surface area contributed by atoms with E-state index in [9.17, 15) is 13.2 Å². The van der Waals surface area contributed by atoms with Crippen LogP contribution in [0, 0.1) is 5.92 Å². The van der Waals surface area contributed by atoms with Gasteiger partial charge < -0.3 is 4.74 Å². The molecule has 8 heteroatoms. The Kier molecular flexibility index (Phi) is 5.32. The van der Waals surface area contributed by atoms with E-state index in [1.807, 2.05) is 0 Å². The normalized spacial score (nSPS) is 13.6. The van der Waals surface area contributed by atoms with E-state index >= 15 is 0 Å². The molecule has 1 aromatic rings. The molecule has 1 aromatic heterocycles. The van der Waals surface area contributed by atoms with Gasteiger partial charge >= 0.3 is 5.97 Å². The number of hydrogen-bond donors (Lipinski definition) is 0. The number of thiophene rings is 1. The third-order valence-corrected chi connectivity index (χ3v) is 6.26. The number of halogens is 1. The maximum absolute atomic E-state index is 12.2. The molecule has 18 heavy (non-hydrogen) atoms. The molecule has 0 bridgehead atoms. The molecule has 0 spiro atoms. The summed E-state index contributed by atoms with van der Waals surface area (Å²) in [6.45, 7) is 1.71. The molecule has 5 nitrogen and oxygen atoms in total. The molecule has 0 N–H and O–H groups in total. The van der Waals surface area contributed by atoms with Gasteiger partial charge in [0, 0.05) is 13.6 Å². The first kappa shape index (κ1) is 15.6. The van der Waals surface area contributed by atoms with Crippen LogP contribution in [0.3, 0.4) is 0 Å². The molecule has 0 aliphatic carbocycles. The van der Waals surface area contributed by atoms with E-state index in [0.717, 1.165) is 19.4 Å². The predicted molar refractivity (Wildman–Crippen MR) is 73.0 cm³/mol. The Morgan fingerprint density at radius 3 is 2.61 bits per heavy atom. The van der Waals surface area contributed by atoms with Crippen LogP contribution >= 0.6 is 27.3 Å². The first-order chi connectivity index (χ1) is 8.28. The van der Waals surface area contributed by atoms with Crippen LogP contribution in [-0.2, 0) is 19.6 Å². The van der Waals surface area contributed by atoms with Crippen molar-refractivity contribution in [1.29, 1.82) is 0 Å². The molecule has 0 aliphatic rings. The second-order valence-electron chi connectivity index (χ2n) is 3.77. The zero-order valence-electron chi connectivity index (χ0n) is 10.2. The molecule has 102 valence electrons. The van der Waals surface area contributed by atoms with Gasteiger partial charge in [0.05, 0.1) is 16.8 Å². The lowest BCUT2D eigenvalue weighted by atomic mass is 10.2. The zero-order valence-corrected chi connectivity index (χ0v) is 13.4. The number of sulfonamides is 1. The molecular formula is C10H14BrNO4S2. The molecular weight excluding hydrogens is 342 g/mol. The van der Waals surface area contributed by atoms with E-state index in [2.05, 4.69) is 20.7 Å². The fourth-order valence-electron chi connectivity index (χ4n) is 1.35. The van der Waals surface area contributed by atoms with Crippen molar-refractivity contribution in [3.63, 3.8) is 0 Å². The van der Waals surface area contributed by atoms with Gasteiger partial charge in [-0.1, -0.05) is 6.92 Å². The lowest BCUT2D eigenvalue weighted by Crippen LogP contribution is -2.33. The number of carbonyl (C=O) groups is 1. The van der Waals surface area contributed by atoms with Gasteiger partial charge in [-0.25, -0.2) is 8.42 Å². The predicted octanol–water partition coefficient (Wildman–Crippen LogP) is 1.94. The Bertz CT molecular complexity index is 526. The van der Waals surface area contributed by atoms with Crippen molar-refractivity contribution in [3.05, 3.63) is 15.9 Å². The second-order valence-corrected chi connectivity index (χ2v) is 8.50. The summed E-state index contributed by atoms with van der Waals surface area (Å²) in [4.78, 5) is 11.3. The smallest absolute Gasteiger partial charge is 0.309 e. The minimum absolute atomic E-state index is 0.0878. The average Bonchev–Trinajstić information content (AvgIpc) is 2.75. The van der Waals surface area contributed by atoms with Crippen LogP contribution in [0.15, 0.2) is 20.1 Å². The van der Waals surface area contributed by atoms with E-state index in [0.29, 0.717) is 0 Å². The number of carbonyl (C=O) groups excluding carboxylic acids is 1. The summed E-state index contributed by atoms with van der Waals surface area (Å²) in [6, 6.07) is 3.21. The van der Waals surface area contributed by atoms with Crippen LogP contribution in [0.5, 0.6) is 0 Å². The van der Waals surface area contributed by atoms with Gasteiger partial charge in [0.2, 0.25) is 0 Å². The lowest BCUT2D eigenvalue weighted by Gasteiger charge is -2.19. The van der Waals surface area contributed by atoms with Crippen molar-refractivity contribution >= 4 is 43.3 Å². The molecule has 1 heterocycles. The first-order valence-corrected chi connectivity index (χ1v) is 8.13. The van der Waals surface area contributed by atoms with Gasteiger partial charge in [-0.15, -0.1) is 11.3 Å². The third kappa shape index (κ3) is 3.53. The molecule has 0 aromatic carbocycles. The Hall–Kier alpha value is -0.440. The van der Waals surface area contributed by atoms with Gasteiger partial charge in [-0.2, -0.15) is 4.31 Å². The number of methoxy groups -OCH3 is 1. The number of nitrogens with zero attached hydrogens (tertiary/aromatic N) is 1. The molecule has 0 saturated carbocycles. The summed E-state index contributed by atoms with van der Waals surface area (Å²) >= 11 is 4.36. The van der Waals surface area contributed by atoms with Gasteiger partial charge in [-0.3, -0.25) is 4.79 Å². The lowest BCUT2D eigenvalue weighted by molar-refractivity contribution is -0.144. The maximum Gasteiger partial charge on any atom is 0.309 e. The van der Waals surface area contributed by atoms with Crippen molar-refractivity contribution in [2.45, 2.75) is 11.1 Å².